The third kappa shape index (κ3) is 1.06. The first kappa shape index (κ1) is 8.04. The lowest BCUT2D eigenvalue weighted by Crippen LogP contribution is -2.08. The van der Waals surface area contributed by atoms with E-state index in [0.29, 0.717) is 5.52 Å². The largest absolute Gasteiger partial charge is 0.419 e. The Bertz CT molecular complexity index is 524. The normalized spacial score (nSPS) is 11.0. The smallest absolute Gasteiger partial charge is 0.405 e. The quantitative estimate of drug-likeness (QED) is 0.618. The molecule has 2 aromatic rings. The summed E-state index contributed by atoms with van der Waals surface area (Å²) in [5.74, 6) is -1.04. The SMILES string of the molecule is Cc1cc(F)c2oc(=O)n(C)c2c1. The molecule has 0 aliphatic heterocycles. The minimum absolute atomic E-state index is 0.0260. The van der Waals surface area contributed by atoms with Gasteiger partial charge in [-0.05, 0) is 24.6 Å². The van der Waals surface area contributed by atoms with Crippen LogP contribution in [0.5, 0.6) is 0 Å². The summed E-state index contributed by atoms with van der Waals surface area (Å²) >= 11 is 0. The highest BCUT2D eigenvalue weighted by atomic mass is 19.1. The van der Waals surface area contributed by atoms with Crippen LogP contribution in [0.15, 0.2) is 21.3 Å². The molecule has 4 heteroatoms. The van der Waals surface area contributed by atoms with E-state index in [2.05, 4.69) is 0 Å². The first-order chi connectivity index (χ1) is 6.09. The number of aromatic nitrogens is 1. The lowest BCUT2D eigenvalue weighted by atomic mass is 10.2. The van der Waals surface area contributed by atoms with E-state index < -0.39 is 11.6 Å². The lowest BCUT2D eigenvalue weighted by molar-refractivity contribution is 0.505. The molecule has 0 aliphatic carbocycles. The van der Waals surface area contributed by atoms with Gasteiger partial charge in [-0.2, -0.15) is 0 Å². The van der Waals surface area contributed by atoms with Gasteiger partial charge in [0.1, 0.15) is 0 Å². The second-order valence-electron chi connectivity index (χ2n) is 3.02. The number of aryl methyl sites for hydroxylation is 2. The molecule has 2 rings (SSSR count). The van der Waals surface area contributed by atoms with Crippen LogP contribution in [0.3, 0.4) is 0 Å². The molecular weight excluding hydrogens is 173 g/mol. The second kappa shape index (κ2) is 2.45. The van der Waals surface area contributed by atoms with E-state index in [1.807, 2.05) is 0 Å². The van der Waals surface area contributed by atoms with Gasteiger partial charge in [0.25, 0.3) is 0 Å². The predicted molar refractivity (Wildman–Crippen MR) is 46.2 cm³/mol. The van der Waals surface area contributed by atoms with Crippen molar-refractivity contribution < 1.29 is 8.81 Å². The maximum atomic E-state index is 13.2. The first-order valence-corrected chi connectivity index (χ1v) is 3.85. The Morgan fingerprint density at radius 3 is 2.85 bits per heavy atom. The van der Waals surface area contributed by atoms with Crippen LogP contribution in [0.25, 0.3) is 11.1 Å². The van der Waals surface area contributed by atoms with E-state index in [9.17, 15) is 9.18 Å². The molecule has 0 unspecified atom stereocenters. The van der Waals surface area contributed by atoms with Crippen LogP contribution in [0.1, 0.15) is 5.56 Å². The Hall–Kier alpha value is -1.58. The predicted octanol–water partition coefficient (Wildman–Crippen LogP) is 1.58. The van der Waals surface area contributed by atoms with Crippen molar-refractivity contribution in [2.75, 3.05) is 0 Å². The third-order valence-electron chi connectivity index (χ3n) is 1.99. The Morgan fingerprint density at radius 1 is 1.46 bits per heavy atom. The molecule has 0 saturated heterocycles. The van der Waals surface area contributed by atoms with Crippen molar-refractivity contribution in [1.29, 1.82) is 0 Å². The number of fused-ring (bicyclic) bond motifs is 1. The van der Waals surface area contributed by atoms with Crippen molar-refractivity contribution in [2.45, 2.75) is 6.92 Å². The molecule has 0 N–H and O–H groups in total. The highest BCUT2D eigenvalue weighted by molar-refractivity contribution is 5.74. The highest BCUT2D eigenvalue weighted by Crippen LogP contribution is 2.17. The summed E-state index contributed by atoms with van der Waals surface area (Å²) in [6.07, 6.45) is 0. The van der Waals surface area contributed by atoms with E-state index in [1.165, 1.54) is 10.6 Å². The fraction of sp³-hybridized carbons (Fsp3) is 0.222. The summed E-state index contributed by atoms with van der Waals surface area (Å²) in [5.41, 5.74) is 1.28. The van der Waals surface area contributed by atoms with Gasteiger partial charge >= 0.3 is 5.76 Å². The fourth-order valence-corrected chi connectivity index (χ4v) is 1.31. The Labute approximate surface area is 73.4 Å². The highest BCUT2D eigenvalue weighted by Gasteiger charge is 2.10. The standard InChI is InChI=1S/C9H8FNO2/c1-5-3-6(10)8-7(4-5)11(2)9(12)13-8/h3-4H,1-2H3. The third-order valence-corrected chi connectivity index (χ3v) is 1.99. The molecule has 3 nitrogen and oxygen atoms in total. The van der Waals surface area contributed by atoms with Gasteiger partial charge in [-0.3, -0.25) is 4.57 Å². The molecule has 0 fully saturated rings. The summed E-state index contributed by atoms with van der Waals surface area (Å²) in [7, 11) is 1.55. The fourth-order valence-electron chi connectivity index (χ4n) is 1.31. The van der Waals surface area contributed by atoms with Gasteiger partial charge in [0.15, 0.2) is 11.4 Å². The molecule has 0 spiro atoms. The zero-order valence-electron chi connectivity index (χ0n) is 7.30. The van der Waals surface area contributed by atoms with Crippen LogP contribution >= 0.6 is 0 Å². The number of nitrogens with zero attached hydrogens (tertiary/aromatic N) is 1. The lowest BCUT2D eigenvalue weighted by Gasteiger charge is -1.95. The average molecular weight is 181 g/mol. The van der Waals surface area contributed by atoms with Crippen LogP contribution in [0.4, 0.5) is 4.39 Å². The van der Waals surface area contributed by atoms with Crippen molar-refractivity contribution in [3.05, 3.63) is 34.1 Å². The van der Waals surface area contributed by atoms with E-state index >= 15 is 0 Å². The summed E-state index contributed by atoms with van der Waals surface area (Å²) in [6, 6.07) is 3.05. The molecule has 0 saturated carbocycles. The Kier molecular flexibility index (Phi) is 1.52. The summed E-state index contributed by atoms with van der Waals surface area (Å²) in [4.78, 5) is 11.0. The van der Waals surface area contributed by atoms with E-state index in [0.717, 1.165) is 5.56 Å². The van der Waals surface area contributed by atoms with Crippen molar-refractivity contribution in [2.24, 2.45) is 7.05 Å². The summed E-state index contributed by atoms with van der Waals surface area (Å²) in [5, 5.41) is 0. The minimum atomic E-state index is -0.542. The van der Waals surface area contributed by atoms with Gasteiger partial charge in [-0.15, -0.1) is 0 Å². The molecule has 0 aliphatic rings. The van der Waals surface area contributed by atoms with E-state index in [1.54, 1.807) is 20.0 Å². The number of halogens is 1. The number of hydrogen-bond donors (Lipinski definition) is 0. The number of hydrogen-bond acceptors (Lipinski definition) is 2. The first-order valence-electron chi connectivity index (χ1n) is 3.85. The van der Waals surface area contributed by atoms with Crippen LogP contribution in [0.2, 0.25) is 0 Å². The van der Waals surface area contributed by atoms with Crippen LogP contribution < -0.4 is 5.76 Å². The van der Waals surface area contributed by atoms with Crippen LogP contribution in [-0.4, -0.2) is 4.57 Å². The summed E-state index contributed by atoms with van der Waals surface area (Å²) in [6.45, 7) is 1.76. The molecule has 1 heterocycles. The average Bonchev–Trinajstić information content (AvgIpc) is 2.32. The van der Waals surface area contributed by atoms with Gasteiger partial charge in [-0.25, -0.2) is 9.18 Å². The molecule has 13 heavy (non-hydrogen) atoms. The van der Waals surface area contributed by atoms with Crippen LogP contribution in [-0.2, 0) is 7.05 Å². The molecule has 0 radical (unpaired) electrons. The molecule has 1 aromatic carbocycles. The number of benzene rings is 1. The zero-order chi connectivity index (χ0) is 9.59. The van der Waals surface area contributed by atoms with Crippen molar-refractivity contribution >= 4 is 11.1 Å². The van der Waals surface area contributed by atoms with Crippen molar-refractivity contribution in [1.82, 2.24) is 4.57 Å². The summed E-state index contributed by atoms with van der Waals surface area (Å²) < 4.78 is 19.2. The van der Waals surface area contributed by atoms with Crippen molar-refractivity contribution in [3.8, 4) is 0 Å². The number of rotatable bonds is 0. The molecular formula is C9H8FNO2. The van der Waals surface area contributed by atoms with Crippen molar-refractivity contribution in [3.63, 3.8) is 0 Å². The van der Waals surface area contributed by atoms with Gasteiger partial charge in [0, 0.05) is 7.05 Å². The monoisotopic (exact) mass is 181 g/mol. The van der Waals surface area contributed by atoms with Gasteiger partial charge in [0.05, 0.1) is 5.52 Å². The minimum Gasteiger partial charge on any atom is -0.405 e. The molecule has 0 atom stereocenters. The zero-order valence-corrected chi connectivity index (χ0v) is 7.30. The second-order valence-corrected chi connectivity index (χ2v) is 3.02. The maximum absolute atomic E-state index is 13.2. The van der Waals surface area contributed by atoms with Gasteiger partial charge < -0.3 is 4.42 Å². The maximum Gasteiger partial charge on any atom is 0.419 e. The molecule has 0 bridgehead atoms. The van der Waals surface area contributed by atoms with Gasteiger partial charge in [0.2, 0.25) is 0 Å². The van der Waals surface area contributed by atoms with Gasteiger partial charge in [-0.1, -0.05) is 0 Å². The molecule has 1 aromatic heterocycles. The number of oxazole rings is 1. The van der Waals surface area contributed by atoms with E-state index in [4.69, 9.17) is 4.42 Å². The van der Waals surface area contributed by atoms with E-state index in [-0.39, 0.29) is 5.58 Å². The molecule has 0 amide bonds. The Balaban J connectivity index is 3.03. The topological polar surface area (TPSA) is 35.1 Å². The Morgan fingerprint density at radius 2 is 2.15 bits per heavy atom. The van der Waals surface area contributed by atoms with Crippen LogP contribution in [0, 0.1) is 12.7 Å². The molecule has 68 valence electrons.